The molecule has 0 saturated heterocycles. The molecule has 0 amide bonds. The van der Waals surface area contributed by atoms with Crippen molar-refractivity contribution in [3.63, 3.8) is 0 Å². The fraction of sp³-hybridized carbons (Fsp3) is 0. The van der Waals surface area contributed by atoms with Crippen molar-refractivity contribution in [2.75, 3.05) is 9.80 Å². The molecule has 0 bridgehead atoms. The Kier molecular flexibility index (Phi) is 11.0. The van der Waals surface area contributed by atoms with E-state index in [1.54, 1.807) is 24.3 Å². The molecule has 12 aromatic carbocycles. The Labute approximate surface area is 415 Å². The molecule has 0 aliphatic heterocycles. The predicted molar refractivity (Wildman–Crippen MR) is 291 cm³/mol. The van der Waals surface area contributed by atoms with E-state index < -0.39 is 0 Å². The molecule has 0 saturated carbocycles. The van der Waals surface area contributed by atoms with Crippen molar-refractivity contribution in [3.05, 3.63) is 265 Å². The van der Waals surface area contributed by atoms with Crippen molar-refractivity contribution in [2.24, 2.45) is 0 Å². The van der Waals surface area contributed by atoms with Gasteiger partial charge in [-0.1, -0.05) is 158 Å². The number of hydrogen-bond acceptors (Lipinski definition) is 4. The Hall–Kier alpha value is -9.88. The van der Waals surface area contributed by atoms with Crippen LogP contribution in [0.25, 0.3) is 76.8 Å². The molecule has 0 fully saturated rings. The highest BCUT2D eigenvalue weighted by molar-refractivity contribution is 6.28. The molecule has 0 atom stereocenters. The summed E-state index contributed by atoms with van der Waals surface area (Å²) in [6, 6.07) is 83.2. The molecule has 0 aliphatic rings. The highest BCUT2D eigenvalue weighted by atomic mass is 19.1. The maximum atomic E-state index is 14.9. The Bertz CT molecular complexity index is 3790. The molecule has 0 radical (unpaired) electrons. The van der Waals surface area contributed by atoms with E-state index in [2.05, 4.69) is 82.6 Å². The van der Waals surface area contributed by atoms with Crippen molar-refractivity contribution in [2.45, 2.75) is 0 Å². The van der Waals surface area contributed by atoms with Crippen molar-refractivity contribution < 1.29 is 8.78 Å². The average Bonchev–Trinajstić information content (AvgIpc) is 3.45. The molecular weight excluding hydrogens is 887 g/mol. The molecule has 338 valence electrons. The van der Waals surface area contributed by atoms with E-state index in [4.69, 9.17) is 0 Å². The van der Waals surface area contributed by atoms with E-state index in [9.17, 15) is 19.3 Å². The lowest BCUT2D eigenvalue weighted by Gasteiger charge is -2.32. The zero-order valence-corrected chi connectivity index (χ0v) is 38.6. The van der Waals surface area contributed by atoms with E-state index in [0.29, 0.717) is 33.9 Å². The second kappa shape index (κ2) is 18.2. The van der Waals surface area contributed by atoms with Crippen LogP contribution in [0.5, 0.6) is 0 Å². The molecule has 0 aromatic heterocycles. The van der Waals surface area contributed by atoms with Gasteiger partial charge in [0.05, 0.1) is 33.9 Å². The first-order valence-electron chi connectivity index (χ1n) is 23.7. The number of nitrogens with zero attached hydrogens (tertiary/aromatic N) is 4. The lowest BCUT2D eigenvalue weighted by molar-refractivity contribution is 0.627. The molecule has 0 spiro atoms. The fourth-order valence-electron chi connectivity index (χ4n) is 10.3. The van der Waals surface area contributed by atoms with E-state index >= 15 is 0 Å². The molecule has 4 nitrogen and oxygen atoms in total. The van der Waals surface area contributed by atoms with Gasteiger partial charge >= 0.3 is 0 Å². The van der Waals surface area contributed by atoms with Crippen molar-refractivity contribution in [1.82, 2.24) is 0 Å². The van der Waals surface area contributed by atoms with Crippen LogP contribution in [0.15, 0.2) is 243 Å². The van der Waals surface area contributed by atoms with Crippen LogP contribution >= 0.6 is 0 Å². The van der Waals surface area contributed by atoms with E-state index in [1.807, 2.05) is 133 Å². The van der Waals surface area contributed by atoms with Crippen LogP contribution in [0.1, 0.15) is 11.1 Å². The smallest absolute Gasteiger partial charge is 0.123 e. The van der Waals surface area contributed by atoms with Gasteiger partial charge in [0.1, 0.15) is 23.8 Å². The van der Waals surface area contributed by atoms with Gasteiger partial charge in [-0.15, -0.1) is 0 Å². The molecular formula is C66H40F2N4. The first-order chi connectivity index (χ1) is 35.4. The van der Waals surface area contributed by atoms with Crippen LogP contribution in [-0.2, 0) is 0 Å². The Balaban J connectivity index is 1.14. The zero-order chi connectivity index (χ0) is 48.7. The summed E-state index contributed by atoms with van der Waals surface area (Å²) in [5.74, 6) is -0.750. The van der Waals surface area contributed by atoms with Gasteiger partial charge in [0.25, 0.3) is 0 Å². The number of halogens is 2. The number of benzene rings is 12. The van der Waals surface area contributed by atoms with Gasteiger partial charge in [0.15, 0.2) is 0 Å². The SMILES string of the molecule is N#Cc1cc(-c2ccccc2)cc(-c2ccccc2)c1N(c1ccc(F)cc1)c1ccc2ccc3c(N(c4ccc(F)cc4)c4c(C#N)cc(-c5ccccc5)cc4-c4ccccc4)ccc4ccc1c2c43. The first-order valence-corrected chi connectivity index (χ1v) is 23.7. The maximum Gasteiger partial charge on any atom is 0.123 e. The second-order valence-corrected chi connectivity index (χ2v) is 17.7. The summed E-state index contributed by atoms with van der Waals surface area (Å²) in [6.45, 7) is 0. The number of rotatable bonds is 10. The Morgan fingerprint density at radius 1 is 0.319 bits per heavy atom. The maximum absolute atomic E-state index is 14.9. The quantitative estimate of drug-likeness (QED) is 0.128. The van der Waals surface area contributed by atoms with Gasteiger partial charge in [-0.2, -0.15) is 10.5 Å². The van der Waals surface area contributed by atoms with Crippen molar-refractivity contribution in [3.8, 4) is 56.6 Å². The third-order valence-corrected chi connectivity index (χ3v) is 13.6. The minimum atomic E-state index is -0.375. The van der Waals surface area contributed by atoms with Crippen LogP contribution in [0.2, 0.25) is 0 Å². The molecule has 0 aliphatic carbocycles. The molecule has 0 heterocycles. The standard InChI is InChI=1S/C66H40F2N4/c67-53-25-29-55(30-26-53)71(65-51(41-69)37-49(43-13-5-1-6-14-43)39-59(65)45-17-9-3-10-18-45)61-35-23-47-22-34-58-62(36-24-48-21-33-57(61)63(47)64(48)58)72(56-31-27-54(68)28-32-56)66-52(42-70)38-50(44-15-7-2-8-16-44)40-60(66)46-19-11-4-12-20-46/h1-40H. The highest BCUT2D eigenvalue weighted by Gasteiger charge is 2.28. The molecule has 6 heteroatoms. The molecule has 72 heavy (non-hydrogen) atoms. The van der Waals surface area contributed by atoms with Gasteiger partial charge in [0.2, 0.25) is 0 Å². The third-order valence-electron chi connectivity index (χ3n) is 13.6. The van der Waals surface area contributed by atoms with Crippen LogP contribution < -0.4 is 9.80 Å². The Morgan fingerprint density at radius 2 is 0.653 bits per heavy atom. The highest BCUT2D eigenvalue weighted by Crippen LogP contribution is 2.52. The third kappa shape index (κ3) is 7.61. The number of anilines is 6. The number of nitriles is 2. The summed E-state index contributed by atoms with van der Waals surface area (Å²) in [6.07, 6.45) is 0. The van der Waals surface area contributed by atoms with Crippen LogP contribution in [-0.4, -0.2) is 0 Å². The van der Waals surface area contributed by atoms with Crippen LogP contribution in [0.3, 0.4) is 0 Å². The van der Waals surface area contributed by atoms with Gasteiger partial charge in [0, 0.05) is 33.3 Å². The minimum absolute atomic E-state index is 0.375. The van der Waals surface area contributed by atoms with Gasteiger partial charge < -0.3 is 9.80 Å². The number of hydrogen-bond donors (Lipinski definition) is 0. The fourth-order valence-corrected chi connectivity index (χ4v) is 10.3. The van der Waals surface area contributed by atoms with Crippen LogP contribution in [0.4, 0.5) is 42.9 Å². The lowest BCUT2D eigenvalue weighted by atomic mass is 9.89. The second-order valence-electron chi connectivity index (χ2n) is 17.7. The zero-order valence-electron chi connectivity index (χ0n) is 38.6. The van der Waals surface area contributed by atoms with E-state index in [1.165, 1.54) is 24.3 Å². The van der Waals surface area contributed by atoms with Gasteiger partial charge in [-0.05, 0) is 140 Å². The van der Waals surface area contributed by atoms with Crippen LogP contribution in [0, 0.1) is 34.3 Å². The summed E-state index contributed by atoms with van der Waals surface area (Å²) in [4.78, 5) is 4.18. The largest absolute Gasteiger partial charge is 0.308 e. The molecule has 0 N–H and O–H groups in total. The minimum Gasteiger partial charge on any atom is -0.308 e. The summed E-state index contributed by atoms with van der Waals surface area (Å²) in [7, 11) is 0. The molecule has 0 unspecified atom stereocenters. The Morgan fingerprint density at radius 3 is 1.00 bits per heavy atom. The normalized spacial score (nSPS) is 11.2. The monoisotopic (exact) mass is 926 g/mol. The molecule has 12 aromatic rings. The summed E-state index contributed by atoms with van der Waals surface area (Å²) in [5.41, 5.74) is 12.4. The van der Waals surface area contributed by atoms with Crippen molar-refractivity contribution in [1.29, 1.82) is 10.5 Å². The summed E-state index contributed by atoms with van der Waals surface area (Å²) >= 11 is 0. The predicted octanol–water partition coefficient (Wildman–Crippen LogP) is 18.2. The molecule has 12 rings (SSSR count). The summed E-state index contributed by atoms with van der Waals surface area (Å²) < 4.78 is 29.9. The average molecular weight is 927 g/mol. The topological polar surface area (TPSA) is 54.1 Å². The first kappa shape index (κ1) is 43.4. The van der Waals surface area contributed by atoms with Gasteiger partial charge in [-0.3, -0.25) is 0 Å². The van der Waals surface area contributed by atoms with Crippen molar-refractivity contribution >= 4 is 66.4 Å². The summed E-state index contributed by atoms with van der Waals surface area (Å²) in [5, 5.41) is 28.2. The lowest BCUT2D eigenvalue weighted by Crippen LogP contribution is -2.14. The van der Waals surface area contributed by atoms with Gasteiger partial charge in [-0.25, -0.2) is 8.78 Å². The van der Waals surface area contributed by atoms with E-state index in [-0.39, 0.29) is 11.6 Å². The van der Waals surface area contributed by atoms with E-state index in [0.717, 1.165) is 88.2 Å².